The molecular formula is C18H17N9OS. The minimum atomic E-state index is -0.273. The van der Waals surface area contributed by atoms with Crippen LogP contribution in [0.25, 0.3) is 21.3 Å². The van der Waals surface area contributed by atoms with Crippen molar-refractivity contribution >= 4 is 38.3 Å². The van der Waals surface area contributed by atoms with Gasteiger partial charge in [0.15, 0.2) is 5.65 Å². The summed E-state index contributed by atoms with van der Waals surface area (Å²) >= 11 is 1.44. The number of hydrogen-bond acceptors (Lipinski definition) is 8. The summed E-state index contributed by atoms with van der Waals surface area (Å²) in [4.78, 5) is 17.6. The molecule has 0 aliphatic heterocycles. The highest BCUT2D eigenvalue weighted by molar-refractivity contribution is 7.19. The Kier molecular flexibility index (Phi) is 4.48. The van der Waals surface area contributed by atoms with Gasteiger partial charge in [0, 0.05) is 37.8 Å². The molecule has 0 atom stereocenters. The van der Waals surface area contributed by atoms with E-state index >= 15 is 0 Å². The summed E-state index contributed by atoms with van der Waals surface area (Å²) in [6.45, 7) is 0.110. The minimum Gasteiger partial charge on any atom is -0.405 e. The van der Waals surface area contributed by atoms with Crippen molar-refractivity contribution in [2.24, 2.45) is 19.8 Å². The van der Waals surface area contributed by atoms with E-state index in [-0.39, 0.29) is 12.1 Å². The minimum absolute atomic E-state index is 0.110. The molecule has 4 rings (SSSR count). The molecule has 4 heterocycles. The molecule has 0 bridgehead atoms. The standard InChI is InChI=1S/C18H17N9OS/c1-25-8-10(6-20)13(24-25)9-27-18(28)15-12(7-22-27)16-17(26(15)2)23-14(29-16)5-11(21)3-4-19/h3-4,7-8,21H,5,9,19H2,1-2H3/b4-3-,21-11?. The number of fused-ring (bicyclic) bond motifs is 3. The molecule has 0 aliphatic carbocycles. The Bertz CT molecular complexity index is 1390. The van der Waals surface area contributed by atoms with Gasteiger partial charge in [0.1, 0.15) is 22.3 Å². The zero-order chi connectivity index (χ0) is 20.7. The maximum Gasteiger partial charge on any atom is 0.291 e. The first-order valence-electron chi connectivity index (χ1n) is 8.65. The summed E-state index contributed by atoms with van der Waals surface area (Å²) < 4.78 is 5.45. The van der Waals surface area contributed by atoms with E-state index in [9.17, 15) is 10.1 Å². The maximum atomic E-state index is 13.1. The Hall–Kier alpha value is -3.78. The SMILES string of the molecule is Cn1cc(C#N)c(Cn2ncc3c4sc(CC(=N)/C=C\N)nc4n(C)c3c2=O)n1. The van der Waals surface area contributed by atoms with Gasteiger partial charge >= 0.3 is 0 Å². The molecule has 0 spiro atoms. The van der Waals surface area contributed by atoms with Crippen molar-refractivity contribution in [2.45, 2.75) is 13.0 Å². The summed E-state index contributed by atoms with van der Waals surface area (Å²) in [6.07, 6.45) is 6.48. The van der Waals surface area contributed by atoms with Crippen molar-refractivity contribution in [3.8, 4) is 6.07 Å². The van der Waals surface area contributed by atoms with Crippen molar-refractivity contribution < 1.29 is 0 Å². The van der Waals surface area contributed by atoms with Gasteiger partial charge in [-0.15, -0.1) is 11.3 Å². The largest absolute Gasteiger partial charge is 0.405 e. The third-order valence-electron chi connectivity index (χ3n) is 4.53. The number of nitrogens with zero attached hydrogens (tertiary/aromatic N) is 7. The first-order chi connectivity index (χ1) is 13.9. The quantitative estimate of drug-likeness (QED) is 0.473. The van der Waals surface area contributed by atoms with Gasteiger partial charge in [0.25, 0.3) is 5.56 Å². The highest BCUT2D eigenvalue weighted by Gasteiger charge is 2.19. The van der Waals surface area contributed by atoms with Gasteiger partial charge in [-0.1, -0.05) is 0 Å². The topological polar surface area (TPSA) is 144 Å². The van der Waals surface area contributed by atoms with Crippen LogP contribution in [0.1, 0.15) is 16.3 Å². The van der Waals surface area contributed by atoms with E-state index in [1.54, 1.807) is 35.7 Å². The number of aryl methyl sites for hydroxylation is 2. The second-order valence-corrected chi connectivity index (χ2v) is 7.61. The van der Waals surface area contributed by atoms with Crippen LogP contribution in [0.5, 0.6) is 0 Å². The molecule has 0 aliphatic rings. The van der Waals surface area contributed by atoms with Crippen molar-refractivity contribution in [1.29, 1.82) is 10.7 Å². The van der Waals surface area contributed by atoms with Crippen LogP contribution in [0.4, 0.5) is 0 Å². The van der Waals surface area contributed by atoms with Gasteiger partial charge in [-0.25, -0.2) is 9.67 Å². The Morgan fingerprint density at radius 3 is 2.97 bits per heavy atom. The van der Waals surface area contributed by atoms with Gasteiger partial charge < -0.3 is 15.7 Å². The molecule has 0 saturated carbocycles. The number of thiazole rings is 1. The highest BCUT2D eigenvalue weighted by Crippen LogP contribution is 2.31. The highest BCUT2D eigenvalue weighted by atomic mass is 32.1. The molecule has 0 amide bonds. The fourth-order valence-electron chi connectivity index (χ4n) is 3.25. The summed E-state index contributed by atoms with van der Waals surface area (Å²) in [5, 5.41) is 27.1. The first kappa shape index (κ1) is 18.6. The molecule has 0 fully saturated rings. The van der Waals surface area contributed by atoms with Crippen LogP contribution < -0.4 is 11.3 Å². The average molecular weight is 407 g/mol. The second kappa shape index (κ2) is 6.99. The number of nitrogens with two attached hydrogens (primary N) is 1. The average Bonchev–Trinajstić information content (AvgIpc) is 3.32. The molecule has 0 saturated heterocycles. The van der Waals surface area contributed by atoms with Gasteiger partial charge in [0.05, 0.1) is 23.0 Å². The maximum absolute atomic E-state index is 13.1. The lowest BCUT2D eigenvalue weighted by molar-refractivity contribution is 0.618. The van der Waals surface area contributed by atoms with Crippen molar-refractivity contribution in [3.05, 3.63) is 51.3 Å². The molecule has 10 nitrogen and oxygen atoms in total. The number of hydrogen-bond donors (Lipinski definition) is 2. The fourth-order valence-corrected chi connectivity index (χ4v) is 4.37. The van der Waals surface area contributed by atoms with Gasteiger partial charge in [-0.05, 0) is 12.3 Å². The summed E-state index contributed by atoms with van der Waals surface area (Å²) in [7, 11) is 3.51. The molecule has 0 unspecified atom stereocenters. The lowest BCUT2D eigenvalue weighted by Gasteiger charge is -2.04. The lowest BCUT2D eigenvalue weighted by Crippen LogP contribution is -2.25. The lowest BCUT2D eigenvalue weighted by atomic mass is 10.2. The van der Waals surface area contributed by atoms with Crippen LogP contribution in [0.2, 0.25) is 0 Å². The summed E-state index contributed by atoms with van der Waals surface area (Å²) in [6, 6.07) is 2.08. The Balaban J connectivity index is 1.79. The normalized spacial score (nSPS) is 11.6. The molecule has 29 heavy (non-hydrogen) atoms. The molecule has 11 heteroatoms. The molecule has 3 N–H and O–H groups in total. The van der Waals surface area contributed by atoms with E-state index in [0.717, 1.165) is 15.1 Å². The third kappa shape index (κ3) is 3.09. The summed E-state index contributed by atoms with van der Waals surface area (Å²) in [5.74, 6) is 0. The number of nitriles is 1. The monoisotopic (exact) mass is 407 g/mol. The summed E-state index contributed by atoms with van der Waals surface area (Å²) in [5.41, 5.74) is 7.49. The number of nitrogens with one attached hydrogen (secondary N) is 1. The molecule has 4 aromatic heterocycles. The van der Waals surface area contributed by atoms with Gasteiger partial charge in [-0.3, -0.25) is 9.48 Å². The number of aromatic nitrogens is 6. The Morgan fingerprint density at radius 1 is 1.45 bits per heavy atom. The smallest absolute Gasteiger partial charge is 0.291 e. The predicted octanol–water partition coefficient (Wildman–Crippen LogP) is 1.03. The van der Waals surface area contributed by atoms with Gasteiger partial charge in [-0.2, -0.15) is 15.5 Å². The number of allylic oxidation sites excluding steroid dienone is 1. The zero-order valence-electron chi connectivity index (χ0n) is 15.7. The van der Waals surface area contributed by atoms with Crippen molar-refractivity contribution in [2.75, 3.05) is 0 Å². The van der Waals surface area contributed by atoms with Crippen molar-refractivity contribution in [1.82, 2.24) is 29.1 Å². The van der Waals surface area contributed by atoms with E-state index in [0.29, 0.717) is 34.6 Å². The first-order valence-corrected chi connectivity index (χ1v) is 9.46. The molecule has 146 valence electrons. The van der Waals surface area contributed by atoms with Crippen LogP contribution in [0, 0.1) is 16.7 Å². The van der Waals surface area contributed by atoms with Crippen LogP contribution >= 0.6 is 11.3 Å². The fraction of sp³-hybridized carbons (Fsp3) is 0.222. The van der Waals surface area contributed by atoms with E-state index in [1.807, 2.05) is 0 Å². The molecule has 4 aromatic rings. The number of rotatable bonds is 5. The molecule has 0 radical (unpaired) electrons. The van der Waals surface area contributed by atoms with Crippen molar-refractivity contribution in [3.63, 3.8) is 0 Å². The van der Waals surface area contributed by atoms with Crippen LogP contribution in [-0.2, 0) is 27.1 Å². The zero-order valence-corrected chi connectivity index (χ0v) is 16.6. The van der Waals surface area contributed by atoms with Gasteiger partial charge in [0.2, 0.25) is 0 Å². The molecule has 0 aromatic carbocycles. The van der Waals surface area contributed by atoms with E-state index < -0.39 is 0 Å². The van der Waals surface area contributed by atoms with E-state index in [2.05, 4.69) is 21.3 Å². The Morgan fingerprint density at radius 2 is 2.24 bits per heavy atom. The molecular weight excluding hydrogens is 390 g/mol. The van der Waals surface area contributed by atoms with E-state index in [1.165, 1.54) is 28.3 Å². The predicted molar refractivity (Wildman–Crippen MR) is 110 cm³/mol. The Labute approximate surface area is 168 Å². The van der Waals surface area contributed by atoms with E-state index in [4.69, 9.17) is 11.1 Å². The van der Waals surface area contributed by atoms with Crippen LogP contribution in [0.3, 0.4) is 0 Å². The van der Waals surface area contributed by atoms with Crippen LogP contribution in [0.15, 0.2) is 29.5 Å². The second-order valence-electron chi connectivity index (χ2n) is 6.53. The van der Waals surface area contributed by atoms with Crippen LogP contribution in [-0.4, -0.2) is 34.8 Å². The third-order valence-corrected chi connectivity index (χ3v) is 5.61.